The van der Waals surface area contributed by atoms with E-state index in [0.717, 1.165) is 28.6 Å². The molecular weight excluding hydrogens is 212 g/mol. The van der Waals surface area contributed by atoms with Gasteiger partial charge in [0.1, 0.15) is 5.75 Å². The normalized spacial score (nSPS) is 11.1. The zero-order valence-corrected chi connectivity index (χ0v) is 9.23. The fraction of sp³-hybridized carbons (Fsp3) is 0.273. The molecule has 1 heterocycles. The molecule has 4 heteroatoms. The lowest BCUT2D eigenvalue weighted by molar-refractivity contribution is 0.476. The van der Waals surface area contributed by atoms with Gasteiger partial charge in [0.15, 0.2) is 0 Å². The molecule has 0 amide bonds. The van der Waals surface area contributed by atoms with Gasteiger partial charge < -0.3 is 15.8 Å². The van der Waals surface area contributed by atoms with Crippen molar-refractivity contribution in [3.8, 4) is 5.75 Å². The van der Waals surface area contributed by atoms with E-state index in [0.29, 0.717) is 11.6 Å². The maximum atomic E-state index is 9.53. The summed E-state index contributed by atoms with van der Waals surface area (Å²) in [5, 5.41) is 10.8. The van der Waals surface area contributed by atoms with Gasteiger partial charge in [-0.1, -0.05) is 18.5 Å². The molecule has 2 rings (SSSR count). The maximum absolute atomic E-state index is 9.53. The van der Waals surface area contributed by atoms with E-state index in [-0.39, 0.29) is 5.75 Å². The van der Waals surface area contributed by atoms with E-state index < -0.39 is 0 Å². The second-order valence-electron chi connectivity index (χ2n) is 3.46. The summed E-state index contributed by atoms with van der Waals surface area (Å²) >= 11 is 6.05. The molecule has 0 atom stereocenters. The molecule has 2 aromatic rings. The smallest absolute Gasteiger partial charge is 0.134 e. The van der Waals surface area contributed by atoms with Gasteiger partial charge in [-0.25, -0.2) is 0 Å². The highest BCUT2D eigenvalue weighted by atomic mass is 35.5. The molecule has 0 unspecified atom stereocenters. The third-order valence-electron chi connectivity index (χ3n) is 2.63. The molecule has 0 saturated carbocycles. The number of phenols is 1. The van der Waals surface area contributed by atoms with Crippen LogP contribution in [-0.2, 0) is 13.0 Å². The van der Waals surface area contributed by atoms with Crippen LogP contribution in [0.1, 0.15) is 18.2 Å². The lowest BCUT2D eigenvalue weighted by Gasteiger charge is -2.01. The van der Waals surface area contributed by atoms with Gasteiger partial charge in [-0.15, -0.1) is 0 Å². The lowest BCUT2D eigenvalue weighted by atomic mass is 10.1. The molecule has 3 nitrogen and oxygen atoms in total. The Kier molecular flexibility index (Phi) is 2.59. The van der Waals surface area contributed by atoms with Crippen molar-refractivity contribution in [3.05, 3.63) is 28.4 Å². The molecule has 0 aliphatic heterocycles. The molecule has 1 aromatic heterocycles. The number of phenolic OH excluding ortho intramolecular Hbond substituents is 1. The van der Waals surface area contributed by atoms with E-state index in [4.69, 9.17) is 17.3 Å². The Bertz CT molecular complexity index is 505. The minimum Gasteiger partial charge on any atom is -0.506 e. The number of hydrogen-bond acceptors (Lipinski definition) is 2. The fourth-order valence-corrected chi connectivity index (χ4v) is 2.16. The van der Waals surface area contributed by atoms with E-state index in [1.54, 1.807) is 6.07 Å². The van der Waals surface area contributed by atoms with Crippen LogP contribution in [0, 0.1) is 0 Å². The number of fused-ring (bicyclic) bond motifs is 1. The summed E-state index contributed by atoms with van der Waals surface area (Å²) in [6, 6.07) is 3.40. The first-order valence-electron chi connectivity index (χ1n) is 4.90. The molecule has 0 aliphatic rings. The van der Waals surface area contributed by atoms with E-state index in [1.165, 1.54) is 0 Å². The van der Waals surface area contributed by atoms with E-state index >= 15 is 0 Å². The highest BCUT2D eigenvalue weighted by molar-refractivity contribution is 6.37. The van der Waals surface area contributed by atoms with Gasteiger partial charge in [-0.2, -0.15) is 0 Å². The monoisotopic (exact) mass is 224 g/mol. The number of aryl methyl sites for hydroxylation is 1. The molecule has 0 radical (unpaired) electrons. The van der Waals surface area contributed by atoms with E-state index in [9.17, 15) is 5.11 Å². The van der Waals surface area contributed by atoms with Crippen LogP contribution in [0.15, 0.2) is 12.1 Å². The highest BCUT2D eigenvalue weighted by Crippen LogP contribution is 2.35. The van der Waals surface area contributed by atoms with Crippen LogP contribution >= 0.6 is 11.6 Å². The molecule has 0 bridgehead atoms. The van der Waals surface area contributed by atoms with Crippen molar-refractivity contribution in [2.75, 3.05) is 0 Å². The summed E-state index contributed by atoms with van der Waals surface area (Å²) in [5.74, 6) is 0.0977. The van der Waals surface area contributed by atoms with Gasteiger partial charge in [0.25, 0.3) is 0 Å². The van der Waals surface area contributed by atoms with Gasteiger partial charge in [-0.05, 0) is 24.1 Å². The Morgan fingerprint density at radius 2 is 2.20 bits per heavy atom. The number of aromatic amines is 1. The van der Waals surface area contributed by atoms with Crippen LogP contribution in [0.2, 0.25) is 5.02 Å². The van der Waals surface area contributed by atoms with E-state index in [2.05, 4.69) is 11.9 Å². The van der Waals surface area contributed by atoms with Gasteiger partial charge in [0, 0.05) is 23.1 Å². The molecule has 15 heavy (non-hydrogen) atoms. The molecule has 0 aliphatic carbocycles. The van der Waals surface area contributed by atoms with Crippen LogP contribution in [0.4, 0.5) is 0 Å². The van der Waals surface area contributed by atoms with Crippen molar-refractivity contribution < 1.29 is 5.11 Å². The fourth-order valence-electron chi connectivity index (χ4n) is 1.88. The minimum atomic E-state index is 0.0977. The Balaban J connectivity index is 2.85. The minimum absolute atomic E-state index is 0.0977. The van der Waals surface area contributed by atoms with Crippen LogP contribution in [0.5, 0.6) is 5.75 Å². The predicted molar refractivity (Wildman–Crippen MR) is 62.2 cm³/mol. The maximum Gasteiger partial charge on any atom is 0.134 e. The number of nitrogens with one attached hydrogen (secondary N) is 1. The van der Waals surface area contributed by atoms with Crippen LogP contribution < -0.4 is 5.73 Å². The number of hydrogen-bond donors (Lipinski definition) is 3. The SMILES string of the molecule is CCc1[nH]c2ccc(O)c(Cl)c2c1CN. The van der Waals surface area contributed by atoms with Crippen LogP contribution in [0.25, 0.3) is 10.9 Å². The van der Waals surface area contributed by atoms with E-state index in [1.807, 2.05) is 6.07 Å². The number of aromatic nitrogens is 1. The quantitative estimate of drug-likeness (QED) is 0.734. The van der Waals surface area contributed by atoms with Crippen LogP contribution in [-0.4, -0.2) is 10.1 Å². The summed E-state index contributed by atoms with van der Waals surface area (Å²) in [4.78, 5) is 3.26. The first-order chi connectivity index (χ1) is 7.19. The third-order valence-corrected chi connectivity index (χ3v) is 3.01. The Labute approximate surface area is 92.9 Å². The average molecular weight is 225 g/mol. The topological polar surface area (TPSA) is 62.0 Å². The highest BCUT2D eigenvalue weighted by Gasteiger charge is 2.13. The van der Waals surface area contributed by atoms with Gasteiger partial charge in [0.2, 0.25) is 0 Å². The zero-order valence-electron chi connectivity index (χ0n) is 8.47. The number of rotatable bonds is 2. The lowest BCUT2D eigenvalue weighted by Crippen LogP contribution is -1.99. The first kappa shape index (κ1) is 10.3. The van der Waals surface area contributed by atoms with Crippen LogP contribution in [0.3, 0.4) is 0 Å². The number of aromatic hydroxyl groups is 1. The molecule has 0 saturated heterocycles. The molecular formula is C11H13ClN2O. The Hall–Kier alpha value is -1.19. The standard InChI is InChI=1S/C11H13ClN2O/c1-2-7-6(5-13)10-8(14-7)3-4-9(15)11(10)12/h3-4,14-15H,2,5,13H2,1H3. The first-order valence-corrected chi connectivity index (χ1v) is 5.27. The summed E-state index contributed by atoms with van der Waals surface area (Å²) in [7, 11) is 0. The number of halogens is 1. The molecule has 80 valence electrons. The summed E-state index contributed by atoms with van der Waals surface area (Å²) < 4.78 is 0. The molecule has 0 spiro atoms. The molecule has 4 N–H and O–H groups in total. The van der Waals surface area contributed by atoms with Gasteiger partial charge >= 0.3 is 0 Å². The molecule has 1 aromatic carbocycles. The average Bonchev–Trinajstić information content (AvgIpc) is 2.61. The summed E-state index contributed by atoms with van der Waals surface area (Å²) in [6.07, 6.45) is 0.873. The second kappa shape index (κ2) is 3.76. The van der Waals surface area contributed by atoms with Gasteiger partial charge in [-0.3, -0.25) is 0 Å². The van der Waals surface area contributed by atoms with Crippen molar-refractivity contribution in [1.29, 1.82) is 0 Å². The van der Waals surface area contributed by atoms with Crippen molar-refractivity contribution in [2.24, 2.45) is 5.73 Å². The molecule has 0 fully saturated rings. The van der Waals surface area contributed by atoms with Gasteiger partial charge in [0.05, 0.1) is 5.02 Å². The number of H-pyrrole nitrogens is 1. The zero-order chi connectivity index (χ0) is 11.0. The van der Waals surface area contributed by atoms with Crippen molar-refractivity contribution in [2.45, 2.75) is 19.9 Å². The Morgan fingerprint density at radius 1 is 1.47 bits per heavy atom. The number of benzene rings is 1. The number of nitrogens with two attached hydrogens (primary N) is 1. The summed E-state index contributed by atoms with van der Waals surface area (Å²) in [6.45, 7) is 2.48. The van der Waals surface area contributed by atoms with Crippen molar-refractivity contribution >= 4 is 22.5 Å². The predicted octanol–water partition coefficient (Wildman–Crippen LogP) is 2.55. The van der Waals surface area contributed by atoms with Crippen molar-refractivity contribution in [1.82, 2.24) is 4.98 Å². The summed E-state index contributed by atoms with van der Waals surface area (Å²) in [5.41, 5.74) is 8.70. The second-order valence-corrected chi connectivity index (χ2v) is 3.84. The van der Waals surface area contributed by atoms with Crippen molar-refractivity contribution in [3.63, 3.8) is 0 Å². The largest absolute Gasteiger partial charge is 0.506 e. The third kappa shape index (κ3) is 1.48. The Morgan fingerprint density at radius 3 is 2.80 bits per heavy atom.